The van der Waals surface area contributed by atoms with Gasteiger partial charge in [-0.1, -0.05) is 44.8 Å². The zero-order valence-corrected chi connectivity index (χ0v) is 16.3. The van der Waals surface area contributed by atoms with Crippen molar-refractivity contribution in [3.8, 4) is 0 Å². The van der Waals surface area contributed by atoms with Gasteiger partial charge in [-0.2, -0.15) is 0 Å². The minimum Gasteiger partial charge on any atom is -0.341 e. The number of allylic oxidation sites excluding steroid dienone is 1. The van der Waals surface area contributed by atoms with E-state index < -0.39 is 0 Å². The molecule has 0 saturated carbocycles. The maximum atomic E-state index is 13.4. The van der Waals surface area contributed by atoms with Gasteiger partial charge < -0.3 is 5.32 Å². The highest BCUT2D eigenvalue weighted by molar-refractivity contribution is 9.10. The predicted molar refractivity (Wildman–Crippen MR) is 99.7 cm³/mol. The lowest BCUT2D eigenvalue weighted by Crippen LogP contribution is -2.31. The van der Waals surface area contributed by atoms with Crippen LogP contribution in [-0.4, -0.2) is 16.1 Å². The van der Waals surface area contributed by atoms with E-state index in [0.717, 1.165) is 33.0 Å². The van der Waals surface area contributed by atoms with Crippen LogP contribution in [-0.2, 0) is 0 Å². The largest absolute Gasteiger partial charge is 0.341 e. The number of amidine groups is 1. The smallest absolute Gasteiger partial charge is 0.163 e. The van der Waals surface area contributed by atoms with Crippen LogP contribution in [0.25, 0.3) is 0 Å². The highest BCUT2D eigenvalue weighted by Crippen LogP contribution is 2.37. The second kappa shape index (κ2) is 7.23. The van der Waals surface area contributed by atoms with Crippen LogP contribution in [0.2, 0.25) is 0 Å². The molecule has 0 saturated heterocycles. The summed E-state index contributed by atoms with van der Waals surface area (Å²) >= 11 is 8.56. The fourth-order valence-corrected chi connectivity index (χ4v) is 4.24. The fraction of sp³-hybridized carbons (Fsp3) is 0.250. The molecule has 2 heterocycles. The van der Waals surface area contributed by atoms with E-state index in [4.69, 9.17) is 4.99 Å². The zero-order valence-electron chi connectivity index (χ0n) is 12.3. The van der Waals surface area contributed by atoms with Crippen LogP contribution in [0.5, 0.6) is 0 Å². The first-order chi connectivity index (χ1) is 11.1. The summed E-state index contributed by atoms with van der Waals surface area (Å²) in [5.41, 5.74) is 3.24. The topological polar surface area (TPSA) is 37.3 Å². The van der Waals surface area contributed by atoms with Gasteiger partial charge in [-0.3, -0.25) is 4.99 Å². The SMILES string of the molecule is CCC1=C(CBr)NC(c2nccs2)=N[C@H]1c1ccc(F)cc1Br. The molecule has 2 aromatic rings. The Hall–Kier alpha value is -1.05. The van der Waals surface area contributed by atoms with Gasteiger partial charge >= 0.3 is 0 Å². The van der Waals surface area contributed by atoms with E-state index in [1.54, 1.807) is 23.6 Å². The summed E-state index contributed by atoms with van der Waals surface area (Å²) in [6, 6.07) is 4.60. The lowest BCUT2D eigenvalue weighted by Gasteiger charge is -2.27. The first-order valence-corrected chi connectivity index (χ1v) is 9.91. The molecule has 0 unspecified atom stereocenters. The number of halogens is 3. The quantitative estimate of drug-likeness (QED) is 0.639. The van der Waals surface area contributed by atoms with E-state index in [1.165, 1.54) is 17.7 Å². The molecule has 1 aromatic carbocycles. The number of benzene rings is 1. The highest BCUT2D eigenvalue weighted by atomic mass is 79.9. The van der Waals surface area contributed by atoms with Gasteiger partial charge in [0.15, 0.2) is 10.8 Å². The minimum atomic E-state index is -0.263. The number of aromatic nitrogens is 1. The third-order valence-corrected chi connectivity index (χ3v) is 5.68. The third kappa shape index (κ3) is 3.41. The van der Waals surface area contributed by atoms with Crippen molar-refractivity contribution in [1.82, 2.24) is 10.3 Å². The molecule has 120 valence electrons. The molecule has 3 nitrogen and oxygen atoms in total. The third-order valence-electron chi connectivity index (χ3n) is 3.65. The second-order valence-corrected chi connectivity index (χ2v) is 7.31. The van der Waals surface area contributed by atoms with Crippen LogP contribution in [0.3, 0.4) is 0 Å². The maximum Gasteiger partial charge on any atom is 0.163 e. The van der Waals surface area contributed by atoms with E-state index in [2.05, 4.69) is 49.1 Å². The van der Waals surface area contributed by atoms with Gasteiger partial charge in [0.25, 0.3) is 0 Å². The van der Waals surface area contributed by atoms with Crippen molar-refractivity contribution in [3.05, 3.63) is 61.9 Å². The standard InChI is InChI=1S/C16H14Br2FN3S/c1-2-10-13(8-17)21-15(16-20-5-6-23-16)22-14(10)11-4-3-9(19)7-12(11)18/h3-7,14H,2,8H2,1H3,(H,21,22)/t14-/m1/s1. The van der Waals surface area contributed by atoms with Gasteiger partial charge in [-0.25, -0.2) is 9.37 Å². The average molecular weight is 459 g/mol. The molecule has 1 aromatic heterocycles. The molecule has 0 spiro atoms. The minimum absolute atomic E-state index is 0.150. The Bertz CT molecular complexity index is 772. The number of aliphatic imine (C=N–C) groups is 1. The first-order valence-electron chi connectivity index (χ1n) is 7.11. The number of hydrogen-bond donors (Lipinski definition) is 1. The number of hydrogen-bond acceptors (Lipinski definition) is 4. The van der Waals surface area contributed by atoms with Crippen molar-refractivity contribution in [3.63, 3.8) is 0 Å². The second-order valence-electron chi connectivity index (χ2n) is 5.00. The summed E-state index contributed by atoms with van der Waals surface area (Å²) in [5.74, 6) is 0.495. The van der Waals surface area contributed by atoms with E-state index in [1.807, 2.05) is 5.38 Å². The molecule has 0 fully saturated rings. The van der Waals surface area contributed by atoms with Crippen molar-refractivity contribution >= 4 is 49.0 Å². The van der Waals surface area contributed by atoms with Gasteiger partial charge in [0.1, 0.15) is 11.9 Å². The number of rotatable bonds is 4. The van der Waals surface area contributed by atoms with Crippen LogP contribution in [0.4, 0.5) is 4.39 Å². The average Bonchev–Trinajstić information content (AvgIpc) is 3.08. The van der Waals surface area contributed by atoms with Crippen LogP contribution < -0.4 is 5.32 Å². The Morgan fingerprint density at radius 2 is 2.22 bits per heavy atom. The lowest BCUT2D eigenvalue weighted by molar-refractivity contribution is 0.624. The van der Waals surface area contributed by atoms with Crippen molar-refractivity contribution in [2.45, 2.75) is 19.4 Å². The molecule has 1 aliphatic rings. The molecule has 0 aliphatic carbocycles. The van der Waals surface area contributed by atoms with Gasteiger partial charge in [0.2, 0.25) is 0 Å². The molecule has 7 heteroatoms. The molecule has 0 bridgehead atoms. The van der Waals surface area contributed by atoms with Crippen LogP contribution >= 0.6 is 43.2 Å². The molecule has 0 radical (unpaired) electrons. The molecular weight excluding hydrogens is 445 g/mol. The van der Waals surface area contributed by atoms with Crippen molar-refractivity contribution in [2.75, 3.05) is 5.33 Å². The van der Waals surface area contributed by atoms with Crippen LogP contribution in [0.1, 0.15) is 30.0 Å². The summed E-state index contributed by atoms with van der Waals surface area (Å²) in [6.07, 6.45) is 2.62. The van der Waals surface area contributed by atoms with Crippen molar-refractivity contribution < 1.29 is 4.39 Å². The summed E-state index contributed by atoms with van der Waals surface area (Å²) < 4.78 is 14.2. The number of nitrogens with one attached hydrogen (secondary N) is 1. The fourth-order valence-electron chi connectivity index (χ4n) is 2.58. The summed E-state index contributed by atoms with van der Waals surface area (Å²) in [6.45, 7) is 2.11. The normalized spacial score (nSPS) is 17.9. The monoisotopic (exact) mass is 457 g/mol. The van der Waals surface area contributed by atoms with Crippen molar-refractivity contribution in [1.29, 1.82) is 0 Å². The number of nitrogens with zero attached hydrogens (tertiary/aromatic N) is 2. The molecule has 1 aliphatic heterocycles. The predicted octanol–water partition coefficient (Wildman–Crippen LogP) is 5.19. The van der Waals surface area contributed by atoms with E-state index >= 15 is 0 Å². The number of alkyl halides is 1. The first kappa shape index (κ1) is 16.8. The molecule has 0 amide bonds. The Labute approximate surface area is 155 Å². The van der Waals surface area contributed by atoms with E-state index in [9.17, 15) is 4.39 Å². The zero-order chi connectivity index (χ0) is 16.4. The summed E-state index contributed by atoms with van der Waals surface area (Å²) in [4.78, 5) is 9.20. The van der Waals surface area contributed by atoms with Gasteiger partial charge in [0.05, 0.1) is 0 Å². The van der Waals surface area contributed by atoms with Gasteiger partial charge in [-0.15, -0.1) is 11.3 Å². The summed E-state index contributed by atoms with van der Waals surface area (Å²) in [7, 11) is 0. The summed E-state index contributed by atoms with van der Waals surface area (Å²) in [5, 5.41) is 6.86. The van der Waals surface area contributed by atoms with Crippen LogP contribution in [0, 0.1) is 5.82 Å². The molecule has 3 rings (SSSR count). The Morgan fingerprint density at radius 3 is 2.83 bits per heavy atom. The Balaban J connectivity index is 2.11. The van der Waals surface area contributed by atoms with Crippen LogP contribution in [0.15, 0.2) is 50.5 Å². The van der Waals surface area contributed by atoms with E-state index in [0.29, 0.717) is 5.33 Å². The van der Waals surface area contributed by atoms with Gasteiger partial charge in [-0.05, 0) is 29.7 Å². The Morgan fingerprint density at radius 1 is 1.39 bits per heavy atom. The molecular formula is C16H14Br2FN3S. The number of thiazole rings is 1. The molecule has 1 N–H and O–H groups in total. The van der Waals surface area contributed by atoms with Gasteiger partial charge in [0, 0.05) is 27.1 Å². The van der Waals surface area contributed by atoms with Crippen molar-refractivity contribution in [2.24, 2.45) is 4.99 Å². The highest BCUT2D eigenvalue weighted by Gasteiger charge is 2.27. The molecule has 23 heavy (non-hydrogen) atoms. The maximum absolute atomic E-state index is 13.4. The lowest BCUT2D eigenvalue weighted by atomic mass is 9.94. The van der Waals surface area contributed by atoms with E-state index in [-0.39, 0.29) is 11.9 Å². The molecule has 1 atom stereocenters. The Kier molecular flexibility index (Phi) is 5.28.